The molecule has 0 atom stereocenters. The summed E-state index contributed by atoms with van der Waals surface area (Å²) in [7, 11) is 0. The van der Waals surface area contributed by atoms with Crippen LogP contribution in [-0.2, 0) is 6.42 Å². The summed E-state index contributed by atoms with van der Waals surface area (Å²) in [6.45, 7) is 5.54. The van der Waals surface area contributed by atoms with Gasteiger partial charge in [-0.2, -0.15) is 0 Å². The second-order valence-corrected chi connectivity index (χ2v) is 10.9. The summed E-state index contributed by atoms with van der Waals surface area (Å²) in [6.07, 6.45) is 14.2. The van der Waals surface area contributed by atoms with E-state index in [0.29, 0.717) is 12.1 Å². The number of carbonyl (C=O) groups is 1. The predicted molar refractivity (Wildman–Crippen MR) is 126 cm³/mol. The molecule has 0 spiro atoms. The van der Waals surface area contributed by atoms with E-state index >= 15 is 0 Å². The molecule has 4 fully saturated rings. The Kier molecular flexibility index (Phi) is 5.89. The van der Waals surface area contributed by atoms with Crippen molar-refractivity contribution in [1.29, 1.82) is 0 Å². The molecule has 5 heteroatoms. The number of carbonyl (C=O) groups excluding carboxylic acids is 1. The molecular weight excluding hydrogens is 398 g/mol. The van der Waals surface area contributed by atoms with Crippen molar-refractivity contribution in [1.82, 2.24) is 14.7 Å². The normalized spacial score (nSPS) is 27.1. The van der Waals surface area contributed by atoms with Gasteiger partial charge in [-0.1, -0.05) is 12.8 Å². The van der Waals surface area contributed by atoms with Gasteiger partial charge >= 0.3 is 0 Å². The van der Waals surface area contributed by atoms with E-state index in [4.69, 9.17) is 4.74 Å². The van der Waals surface area contributed by atoms with E-state index in [1.165, 1.54) is 57.2 Å². The van der Waals surface area contributed by atoms with Crippen LogP contribution in [0.4, 0.5) is 0 Å². The van der Waals surface area contributed by atoms with Crippen LogP contribution in [0.25, 0.3) is 0 Å². The Morgan fingerprint density at radius 3 is 1.94 bits per heavy atom. The number of amides is 1. The van der Waals surface area contributed by atoms with E-state index in [9.17, 15) is 4.79 Å². The van der Waals surface area contributed by atoms with E-state index in [1.54, 1.807) is 0 Å². The van der Waals surface area contributed by atoms with Gasteiger partial charge in [0.25, 0.3) is 5.91 Å². The fourth-order valence-electron chi connectivity index (χ4n) is 6.52. The molecule has 1 aromatic rings. The first-order chi connectivity index (χ1) is 15.7. The maximum Gasteiger partial charge on any atom is 0.254 e. The lowest BCUT2D eigenvalue weighted by molar-refractivity contribution is 0.0413. The van der Waals surface area contributed by atoms with E-state index in [0.717, 1.165) is 75.1 Å². The molecule has 0 N–H and O–H groups in total. The van der Waals surface area contributed by atoms with Gasteiger partial charge in [0.15, 0.2) is 0 Å². The molecule has 32 heavy (non-hydrogen) atoms. The molecule has 5 nitrogen and oxygen atoms in total. The Bertz CT molecular complexity index is 818. The number of nitrogens with zero attached hydrogens (tertiary/aromatic N) is 3. The van der Waals surface area contributed by atoms with Gasteiger partial charge < -0.3 is 19.4 Å². The Morgan fingerprint density at radius 1 is 0.719 bits per heavy atom. The number of ether oxygens (including phenoxy) is 1. The average Bonchev–Trinajstić information content (AvgIpc) is 2.74. The van der Waals surface area contributed by atoms with Crippen LogP contribution in [0.15, 0.2) is 18.2 Å². The van der Waals surface area contributed by atoms with Crippen molar-refractivity contribution >= 4 is 5.91 Å². The minimum atomic E-state index is 0.244. The minimum absolute atomic E-state index is 0.244. The largest absolute Gasteiger partial charge is 0.490 e. The van der Waals surface area contributed by atoms with Crippen molar-refractivity contribution < 1.29 is 9.53 Å². The molecule has 2 saturated carbocycles. The topological polar surface area (TPSA) is 36.0 Å². The molecule has 1 aromatic carbocycles. The van der Waals surface area contributed by atoms with E-state index in [-0.39, 0.29) is 5.91 Å². The van der Waals surface area contributed by atoms with Gasteiger partial charge in [0.05, 0.1) is 0 Å². The lowest BCUT2D eigenvalue weighted by atomic mass is 9.88. The van der Waals surface area contributed by atoms with Crippen LogP contribution in [-0.4, -0.2) is 77.6 Å². The molecule has 3 aliphatic heterocycles. The summed E-state index contributed by atoms with van der Waals surface area (Å²) in [6, 6.07) is 8.33. The number of hydrogen-bond donors (Lipinski definition) is 0. The molecular formula is C27H39N3O2. The summed E-state index contributed by atoms with van der Waals surface area (Å²) in [4.78, 5) is 20.8. The third kappa shape index (κ3) is 4.07. The summed E-state index contributed by atoms with van der Waals surface area (Å²) in [5.74, 6) is 1.20. The molecule has 0 unspecified atom stereocenters. The van der Waals surface area contributed by atoms with Crippen molar-refractivity contribution in [3.63, 3.8) is 0 Å². The lowest BCUT2D eigenvalue weighted by Gasteiger charge is -2.45. The molecule has 6 rings (SSSR count). The molecule has 1 amide bonds. The van der Waals surface area contributed by atoms with E-state index < -0.39 is 0 Å². The first-order valence-corrected chi connectivity index (χ1v) is 13.3. The first kappa shape index (κ1) is 21.0. The third-order valence-electron chi connectivity index (χ3n) is 9.09. The van der Waals surface area contributed by atoms with Crippen molar-refractivity contribution in [2.45, 2.75) is 94.9 Å². The Hall–Kier alpha value is -1.59. The standard InChI is InChI=1S/C27H39N3O2/c31-27-26-8-7-25(32-24-12-16-29(17-13-24)22-5-2-6-22)19-20(26)9-18-30(27)23-10-14-28(15-11-23)21-3-1-4-21/h7-8,19,21-24H,1-6,9-18H2. The highest BCUT2D eigenvalue weighted by molar-refractivity contribution is 5.97. The maximum absolute atomic E-state index is 13.3. The zero-order valence-corrected chi connectivity index (χ0v) is 19.5. The molecule has 0 bridgehead atoms. The van der Waals surface area contributed by atoms with E-state index in [1.807, 2.05) is 12.1 Å². The number of piperidine rings is 2. The summed E-state index contributed by atoms with van der Waals surface area (Å²) >= 11 is 0. The molecule has 2 aliphatic carbocycles. The maximum atomic E-state index is 13.3. The SMILES string of the molecule is O=C1c2ccc(OC3CCN(C4CCC4)CC3)cc2CCN1C1CCN(C2CCC2)CC1. The highest BCUT2D eigenvalue weighted by Crippen LogP contribution is 2.32. The molecule has 3 heterocycles. The molecule has 5 aliphatic rings. The van der Waals surface area contributed by atoms with Crippen LogP contribution in [0.2, 0.25) is 0 Å². The zero-order valence-electron chi connectivity index (χ0n) is 19.5. The second kappa shape index (κ2) is 8.98. The van der Waals surface area contributed by atoms with Gasteiger partial charge in [-0.25, -0.2) is 0 Å². The minimum Gasteiger partial charge on any atom is -0.490 e. The van der Waals surface area contributed by atoms with Crippen LogP contribution in [0.5, 0.6) is 5.75 Å². The zero-order chi connectivity index (χ0) is 21.5. The Labute approximate surface area is 193 Å². The second-order valence-electron chi connectivity index (χ2n) is 10.9. The van der Waals surface area contributed by atoms with Gasteiger partial charge in [-0.15, -0.1) is 0 Å². The van der Waals surface area contributed by atoms with Crippen molar-refractivity contribution in [3.05, 3.63) is 29.3 Å². The van der Waals surface area contributed by atoms with Crippen molar-refractivity contribution in [3.8, 4) is 5.75 Å². The molecule has 174 valence electrons. The van der Waals surface area contributed by atoms with Crippen LogP contribution < -0.4 is 4.74 Å². The van der Waals surface area contributed by atoms with Crippen molar-refractivity contribution in [2.24, 2.45) is 0 Å². The van der Waals surface area contributed by atoms with Gasteiger partial charge in [-0.05, 0) is 81.5 Å². The monoisotopic (exact) mass is 437 g/mol. The number of rotatable bonds is 5. The molecule has 0 aromatic heterocycles. The Balaban J connectivity index is 1.04. The third-order valence-corrected chi connectivity index (χ3v) is 9.09. The highest BCUT2D eigenvalue weighted by Gasteiger charge is 2.35. The quantitative estimate of drug-likeness (QED) is 0.695. The highest BCUT2D eigenvalue weighted by atomic mass is 16.5. The van der Waals surface area contributed by atoms with Crippen molar-refractivity contribution in [2.75, 3.05) is 32.7 Å². The van der Waals surface area contributed by atoms with Crippen LogP contribution in [0.1, 0.15) is 80.1 Å². The molecule has 2 saturated heterocycles. The fraction of sp³-hybridized carbons (Fsp3) is 0.741. The van der Waals surface area contributed by atoms with Gasteiger partial charge in [-0.3, -0.25) is 4.79 Å². The average molecular weight is 438 g/mol. The number of hydrogen-bond acceptors (Lipinski definition) is 4. The number of benzene rings is 1. The van der Waals surface area contributed by atoms with E-state index in [2.05, 4.69) is 20.8 Å². The van der Waals surface area contributed by atoms with Gasteiger partial charge in [0.2, 0.25) is 0 Å². The summed E-state index contributed by atoms with van der Waals surface area (Å²) in [5, 5.41) is 0. The van der Waals surface area contributed by atoms with Gasteiger partial charge in [0, 0.05) is 56.4 Å². The fourth-order valence-corrected chi connectivity index (χ4v) is 6.52. The Morgan fingerprint density at radius 2 is 1.34 bits per heavy atom. The lowest BCUT2D eigenvalue weighted by Crippen LogP contribution is -2.52. The molecule has 0 radical (unpaired) electrons. The summed E-state index contributed by atoms with van der Waals surface area (Å²) < 4.78 is 6.37. The predicted octanol–water partition coefficient (Wildman–Crippen LogP) is 4.10. The van der Waals surface area contributed by atoms with Crippen LogP contribution >= 0.6 is 0 Å². The van der Waals surface area contributed by atoms with Crippen LogP contribution in [0, 0.1) is 0 Å². The number of fused-ring (bicyclic) bond motifs is 1. The smallest absolute Gasteiger partial charge is 0.254 e. The van der Waals surface area contributed by atoms with Crippen LogP contribution in [0.3, 0.4) is 0 Å². The number of likely N-dealkylation sites (tertiary alicyclic amines) is 2. The summed E-state index contributed by atoms with van der Waals surface area (Å²) in [5.41, 5.74) is 2.09. The first-order valence-electron chi connectivity index (χ1n) is 13.3. The van der Waals surface area contributed by atoms with Gasteiger partial charge in [0.1, 0.15) is 11.9 Å².